The van der Waals surface area contributed by atoms with Crippen LogP contribution in [0.4, 0.5) is 0 Å². The van der Waals surface area contributed by atoms with Gasteiger partial charge in [-0.25, -0.2) is 0 Å². The third-order valence-electron chi connectivity index (χ3n) is 5.24. The van der Waals surface area contributed by atoms with Gasteiger partial charge in [-0.3, -0.25) is 34.0 Å². The zero-order valence-electron chi connectivity index (χ0n) is 17.9. The van der Waals surface area contributed by atoms with Gasteiger partial charge in [-0.2, -0.15) is 0 Å². The Balaban J connectivity index is 0.00000961. The van der Waals surface area contributed by atoms with Gasteiger partial charge < -0.3 is 30.6 Å². The number of aliphatic hydroxyl groups excluding tert-OH is 3. The molecule has 0 aromatic heterocycles. The smallest absolute Gasteiger partial charge is 0.317 e. The minimum absolute atomic E-state index is 0. The predicted molar refractivity (Wildman–Crippen MR) is 108 cm³/mol. The van der Waals surface area contributed by atoms with E-state index >= 15 is 0 Å². The Bertz CT molecular complexity index is 555. The van der Waals surface area contributed by atoms with Crippen molar-refractivity contribution in [2.75, 3.05) is 85.2 Å². The van der Waals surface area contributed by atoms with Crippen molar-refractivity contribution in [3.63, 3.8) is 0 Å². The Hall–Kier alpha value is -0.286. The second-order valence-corrected chi connectivity index (χ2v) is 7.55. The average molecular weight is 602 g/mol. The van der Waals surface area contributed by atoms with E-state index in [9.17, 15) is 39.9 Å². The summed E-state index contributed by atoms with van der Waals surface area (Å²) in [7, 11) is 0. The number of carbonyl (C=O) groups is 3. The summed E-state index contributed by atoms with van der Waals surface area (Å²) in [6.07, 6.45) is -1.22. The summed E-state index contributed by atoms with van der Waals surface area (Å²) in [6, 6.07) is -0.796. The molecule has 1 aliphatic heterocycles. The summed E-state index contributed by atoms with van der Waals surface area (Å²) in [5, 5.41) is 56.6. The quantitative estimate of drug-likeness (QED) is 0.143. The third-order valence-corrected chi connectivity index (χ3v) is 5.24. The van der Waals surface area contributed by atoms with Crippen LogP contribution in [-0.4, -0.2) is 165 Å². The van der Waals surface area contributed by atoms with Crippen LogP contribution >= 0.6 is 0 Å². The minimum atomic E-state index is -1.22. The van der Waals surface area contributed by atoms with E-state index in [0.29, 0.717) is 0 Å². The number of aliphatic carboxylic acids is 3. The van der Waals surface area contributed by atoms with E-state index in [1.807, 2.05) is 0 Å². The van der Waals surface area contributed by atoms with Crippen molar-refractivity contribution < 1.29 is 94.4 Å². The molecule has 1 saturated heterocycles. The number of nitrogens with zero attached hydrogens (tertiary/aromatic N) is 4. The summed E-state index contributed by atoms with van der Waals surface area (Å²) in [4.78, 5) is 40.3. The van der Waals surface area contributed by atoms with E-state index in [1.54, 1.807) is 19.6 Å². The molecule has 0 aromatic rings. The summed E-state index contributed by atoms with van der Waals surface area (Å²) in [6.45, 7) is 0.396. The summed E-state index contributed by atoms with van der Waals surface area (Å²) in [5.41, 5.74) is 0. The van der Waals surface area contributed by atoms with E-state index in [0.717, 1.165) is 0 Å². The Labute approximate surface area is 227 Å². The molecule has 0 saturated carbocycles. The second kappa shape index (κ2) is 17.2. The van der Waals surface area contributed by atoms with Crippen molar-refractivity contribution in [2.24, 2.45) is 0 Å². The molecule has 1 aliphatic rings. The van der Waals surface area contributed by atoms with Crippen LogP contribution in [0.2, 0.25) is 0 Å². The van der Waals surface area contributed by atoms with Crippen molar-refractivity contribution in [1.29, 1.82) is 0 Å². The molecular weight excluding hydrogens is 568 g/mol. The van der Waals surface area contributed by atoms with Gasteiger partial charge in [0.1, 0.15) is 0 Å². The number of hydrogen-bond donors (Lipinski definition) is 6. The summed E-state index contributed by atoms with van der Waals surface area (Å²) >= 11 is 0. The van der Waals surface area contributed by atoms with Crippen LogP contribution in [0, 0.1) is 49.4 Å². The van der Waals surface area contributed by atoms with Crippen LogP contribution in [0.15, 0.2) is 0 Å². The monoisotopic (exact) mass is 603 g/mol. The van der Waals surface area contributed by atoms with Gasteiger partial charge in [0, 0.05) is 102 Å². The van der Waals surface area contributed by atoms with Crippen LogP contribution in [0.1, 0.15) is 0 Å². The van der Waals surface area contributed by atoms with Crippen molar-refractivity contribution >= 4 is 17.9 Å². The normalized spacial score (nSPS) is 20.3. The molecule has 1 heterocycles. The van der Waals surface area contributed by atoms with Crippen LogP contribution < -0.4 is 0 Å². The molecule has 0 spiro atoms. The number of hydrogen-bond acceptors (Lipinski definition) is 10. The molecule has 32 heavy (non-hydrogen) atoms. The van der Waals surface area contributed by atoms with E-state index in [1.165, 1.54) is 0 Å². The molecule has 1 rings (SSSR count). The maximum absolute atomic E-state index is 11.2. The molecule has 0 bridgehead atoms. The van der Waals surface area contributed by atoms with Gasteiger partial charge in [-0.15, -0.1) is 0 Å². The van der Waals surface area contributed by atoms with Crippen molar-refractivity contribution in [2.45, 2.75) is 12.1 Å². The maximum atomic E-state index is 11.2. The van der Waals surface area contributed by atoms with Gasteiger partial charge in [-0.1, -0.05) is 0 Å². The van der Waals surface area contributed by atoms with Crippen molar-refractivity contribution in [1.82, 2.24) is 19.6 Å². The molecule has 6 N–H and O–H groups in total. The zero-order chi connectivity index (χ0) is 23.4. The average Bonchev–Trinajstić information content (AvgIpc) is 2.68. The first kappa shape index (κ1) is 31.7. The molecule has 14 heteroatoms. The molecule has 13 nitrogen and oxygen atoms in total. The largest absolute Gasteiger partial charge is 0.480 e. The van der Waals surface area contributed by atoms with Gasteiger partial charge in [-0.05, 0) is 0 Å². The third kappa shape index (κ3) is 12.8. The SMILES string of the molecule is O=C(O)CN1CCN(CC(=O)O)CCN(C(CO)C(O)CO)CCN(CC(=O)O)CC1.[Eu]. The molecule has 2 atom stereocenters. The van der Waals surface area contributed by atoms with Gasteiger partial charge in [0.25, 0.3) is 0 Å². The second-order valence-electron chi connectivity index (χ2n) is 7.55. The zero-order valence-corrected chi connectivity index (χ0v) is 20.3. The van der Waals surface area contributed by atoms with E-state index in [4.69, 9.17) is 5.11 Å². The summed E-state index contributed by atoms with van der Waals surface area (Å²) < 4.78 is 0. The maximum Gasteiger partial charge on any atom is 0.317 e. The molecule has 0 amide bonds. The molecule has 2 unspecified atom stereocenters. The number of carboxylic acid groups (broad SMARTS) is 3. The Morgan fingerprint density at radius 1 is 0.625 bits per heavy atom. The van der Waals surface area contributed by atoms with Gasteiger partial charge in [0.2, 0.25) is 0 Å². The molecular formula is C18H34EuN4O9. The van der Waals surface area contributed by atoms with Crippen LogP contribution in [0.3, 0.4) is 0 Å². The topological polar surface area (TPSA) is 186 Å². The van der Waals surface area contributed by atoms with E-state index in [2.05, 4.69) is 0 Å². The van der Waals surface area contributed by atoms with E-state index < -0.39 is 43.3 Å². The number of aliphatic hydroxyl groups is 3. The summed E-state index contributed by atoms with van der Waals surface area (Å²) in [5.74, 6) is -3.10. The number of carboxylic acids is 3. The molecule has 187 valence electrons. The molecule has 1 fully saturated rings. The van der Waals surface area contributed by atoms with Crippen molar-refractivity contribution in [3.05, 3.63) is 0 Å². The van der Waals surface area contributed by atoms with Crippen LogP contribution in [0.25, 0.3) is 0 Å². The van der Waals surface area contributed by atoms with Gasteiger partial charge in [0.05, 0.1) is 45.0 Å². The van der Waals surface area contributed by atoms with Crippen molar-refractivity contribution in [3.8, 4) is 0 Å². The van der Waals surface area contributed by atoms with Gasteiger partial charge in [0.15, 0.2) is 0 Å². The Kier molecular flexibility index (Phi) is 17.0. The standard InChI is InChI=1S/C18H34N4O9.Eu/c23-12-14(15(25)13-24)22-7-5-20(10-17(28)29)3-1-19(9-16(26)27)2-4-21(6-8-22)11-18(30)31;/h14-15,23-25H,1-13H2,(H,26,27)(H,28,29)(H,30,31);. The first-order chi connectivity index (χ1) is 14.7. The molecule has 1 radical (unpaired) electrons. The first-order valence-corrected chi connectivity index (χ1v) is 10.1. The predicted octanol–water partition coefficient (Wildman–Crippen LogP) is -3.82. The first-order valence-electron chi connectivity index (χ1n) is 10.1. The van der Waals surface area contributed by atoms with Gasteiger partial charge >= 0.3 is 17.9 Å². The Morgan fingerprint density at radius 2 is 0.938 bits per heavy atom. The molecule has 0 aromatic carbocycles. The fraction of sp³-hybridized carbons (Fsp3) is 0.833. The van der Waals surface area contributed by atoms with Crippen LogP contribution in [-0.2, 0) is 14.4 Å². The van der Waals surface area contributed by atoms with E-state index in [-0.39, 0.29) is 121 Å². The van der Waals surface area contributed by atoms with Crippen LogP contribution in [0.5, 0.6) is 0 Å². The molecule has 0 aliphatic carbocycles. The minimum Gasteiger partial charge on any atom is -0.480 e. The Morgan fingerprint density at radius 3 is 1.19 bits per heavy atom. The number of rotatable bonds is 10. The fourth-order valence-electron chi connectivity index (χ4n) is 3.53. The fourth-order valence-corrected chi connectivity index (χ4v) is 3.53.